The Morgan fingerprint density at radius 2 is 0.560 bits per heavy atom. The fraction of sp³-hybridized carbons (Fsp3) is 0.261. The molecule has 254 valence electrons. The molecule has 0 amide bonds. The first-order valence-electron chi connectivity index (χ1n) is 17.8. The van der Waals surface area contributed by atoms with Crippen molar-refractivity contribution in [2.75, 3.05) is 28.2 Å². The average molecular weight is 659 g/mol. The van der Waals surface area contributed by atoms with E-state index in [9.17, 15) is 0 Å². The summed E-state index contributed by atoms with van der Waals surface area (Å²) in [6, 6.07) is 39.7. The first-order valence-corrected chi connectivity index (χ1v) is 17.8. The molecule has 5 aromatic rings. The van der Waals surface area contributed by atoms with Gasteiger partial charge in [-0.05, 0) is 63.8 Å². The van der Waals surface area contributed by atoms with Crippen molar-refractivity contribution in [3.63, 3.8) is 0 Å². The van der Waals surface area contributed by atoms with Crippen LogP contribution in [0.5, 0.6) is 0 Å². The largest absolute Gasteiger partial charge is 0.348 e. The molecule has 0 radical (unpaired) electrons. The molecule has 50 heavy (non-hydrogen) atoms. The molecule has 0 N–H and O–H groups in total. The van der Waals surface area contributed by atoms with Crippen LogP contribution >= 0.6 is 0 Å². The number of benzene rings is 5. The van der Waals surface area contributed by atoms with Gasteiger partial charge in [-0.2, -0.15) is 0 Å². The SMILES string of the molecule is Cc1ccc(C2=C(c3ccccc3)N(C)C(c3c(C)c(C)c(C4N(C)C(c5ccccc5)=C(c5ccc(C)cc5)N4C)c(C)c3C)N2C)cc1. The highest BCUT2D eigenvalue weighted by atomic mass is 15.4. The summed E-state index contributed by atoms with van der Waals surface area (Å²) in [4.78, 5) is 9.99. The Morgan fingerprint density at radius 3 is 0.820 bits per heavy atom. The van der Waals surface area contributed by atoms with Gasteiger partial charge in [0.05, 0.1) is 22.8 Å². The maximum Gasteiger partial charge on any atom is 0.128 e. The summed E-state index contributed by atoms with van der Waals surface area (Å²) in [5.74, 6) is 0. The molecule has 0 bridgehead atoms. The van der Waals surface area contributed by atoms with Crippen LogP contribution in [0.1, 0.15) is 79.1 Å². The third-order valence-corrected chi connectivity index (χ3v) is 11.3. The van der Waals surface area contributed by atoms with Crippen molar-refractivity contribution in [3.8, 4) is 0 Å². The Bertz CT molecular complexity index is 1920. The lowest BCUT2D eigenvalue weighted by Gasteiger charge is -2.38. The summed E-state index contributed by atoms with van der Waals surface area (Å²) in [7, 11) is 9.08. The highest BCUT2D eigenvalue weighted by Crippen LogP contribution is 2.51. The molecule has 7 rings (SSSR count). The Hall–Kier alpha value is -5.22. The molecular formula is C46H50N4. The summed E-state index contributed by atoms with van der Waals surface area (Å²) in [6.07, 6.45) is 0.0984. The van der Waals surface area contributed by atoms with Crippen LogP contribution in [0.25, 0.3) is 22.8 Å². The van der Waals surface area contributed by atoms with E-state index in [2.05, 4.69) is 199 Å². The van der Waals surface area contributed by atoms with Crippen LogP contribution in [0.2, 0.25) is 0 Å². The second-order valence-corrected chi connectivity index (χ2v) is 14.4. The lowest BCUT2D eigenvalue weighted by Crippen LogP contribution is -2.32. The minimum absolute atomic E-state index is 0.0492. The molecular weight excluding hydrogens is 609 g/mol. The summed E-state index contributed by atoms with van der Waals surface area (Å²) >= 11 is 0. The average Bonchev–Trinajstić information content (AvgIpc) is 3.53. The standard InChI is InChI=1S/C46H50N4/c1-29-21-25-37(26-22-29)43-41(35-17-13-11-14-18-35)47(7)45(49(43)9)39-31(3)33(5)40(34(6)32(39)4)46-48(8)42(36-19-15-12-16-20-36)44(50(46)10)38-27-23-30(2)24-28-38/h11-28,45-46H,1-10H3. The maximum absolute atomic E-state index is 2.50. The van der Waals surface area contributed by atoms with E-state index in [0.717, 1.165) is 0 Å². The molecule has 2 unspecified atom stereocenters. The van der Waals surface area contributed by atoms with E-state index < -0.39 is 0 Å². The second-order valence-electron chi connectivity index (χ2n) is 14.4. The zero-order valence-corrected chi connectivity index (χ0v) is 31.3. The van der Waals surface area contributed by atoms with E-state index in [0.29, 0.717) is 0 Å². The number of hydrogen-bond acceptors (Lipinski definition) is 4. The maximum atomic E-state index is 2.50. The molecule has 2 aliphatic rings. The smallest absolute Gasteiger partial charge is 0.128 e. The Kier molecular flexibility index (Phi) is 8.59. The third-order valence-electron chi connectivity index (χ3n) is 11.3. The molecule has 4 nitrogen and oxygen atoms in total. The normalized spacial score (nSPS) is 17.9. The van der Waals surface area contributed by atoms with Gasteiger partial charge in [0.15, 0.2) is 0 Å². The molecule has 0 aromatic heterocycles. The van der Waals surface area contributed by atoms with Gasteiger partial charge in [0, 0.05) is 61.6 Å². The lowest BCUT2D eigenvalue weighted by molar-refractivity contribution is 0.215. The van der Waals surface area contributed by atoms with Crippen LogP contribution in [0.4, 0.5) is 0 Å². The van der Waals surface area contributed by atoms with E-state index in [4.69, 9.17) is 0 Å². The Labute approximate surface area is 299 Å². The van der Waals surface area contributed by atoms with E-state index in [1.165, 1.54) is 89.5 Å². The zero-order chi connectivity index (χ0) is 35.4. The van der Waals surface area contributed by atoms with Crippen molar-refractivity contribution in [3.05, 3.63) is 176 Å². The topological polar surface area (TPSA) is 13.0 Å². The summed E-state index contributed by atoms with van der Waals surface area (Å²) in [5.41, 5.74) is 20.7. The van der Waals surface area contributed by atoms with Gasteiger partial charge in [-0.15, -0.1) is 0 Å². The van der Waals surface area contributed by atoms with Crippen LogP contribution < -0.4 is 0 Å². The molecule has 0 saturated heterocycles. The van der Waals surface area contributed by atoms with Crippen molar-refractivity contribution in [1.82, 2.24) is 19.6 Å². The summed E-state index contributed by atoms with van der Waals surface area (Å²) in [5, 5.41) is 0. The van der Waals surface area contributed by atoms with Gasteiger partial charge in [-0.25, -0.2) is 0 Å². The fourth-order valence-corrected chi connectivity index (χ4v) is 8.57. The minimum atomic E-state index is 0.0492. The van der Waals surface area contributed by atoms with Crippen LogP contribution in [-0.2, 0) is 0 Å². The predicted molar refractivity (Wildman–Crippen MR) is 211 cm³/mol. The van der Waals surface area contributed by atoms with Crippen molar-refractivity contribution in [2.45, 2.75) is 53.9 Å². The number of hydrogen-bond donors (Lipinski definition) is 0. The molecule has 0 saturated carbocycles. The van der Waals surface area contributed by atoms with Gasteiger partial charge in [0.25, 0.3) is 0 Å². The molecule has 0 spiro atoms. The van der Waals surface area contributed by atoms with Crippen molar-refractivity contribution < 1.29 is 0 Å². The van der Waals surface area contributed by atoms with Gasteiger partial charge in [-0.3, -0.25) is 0 Å². The minimum Gasteiger partial charge on any atom is -0.348 e. The Balaban J connectivity index is 1.36. The molecule has 2 aliphatic heterocycles. The molecule has 4 heteroatoms. The van der Waals surface area contributed by atoms with Crippen molar-refractivity contribution in [2.24, 2.45) is 0 Å². The number of nitrogens with zero attached hydrogens (tertiary/aromatic N) is 4. The van der Waals surface area contributed by atoms with Crippen LogP contribution in [-0.4, -0.2) is 47.8 Å². The van der Waals surface area contributed by atoms with Crippen LogP contribution in [0.15, 0.2) is 109 Å². The monoisotopic (exact) mass is 658 g/mol. The van der Waals surface area contributed by atoms with E-state index in [1.807, 2.05) is 0 Å². The van der Waals surface area contributed by atoms with Crippen molar-refractivity contribution >= 4 is 22.8 Å². The first-order chi connectivity index (χ1) is 24.0. The third kappa shape index (κ3) is 5.29. The van der Waals surface area contributed by atoms with Gasteiger partial charge in [0.1, 0.15) is 12.3 Å². The van der Waals surface area contributed by atoms with E-state index in [-0.39, 0.29) is 12.3 Å². The van der Waals surface area contributed by atoms with Gasteiger partial charge < -0.3 is 19.6 Å². The quantitative estimate of drug-likeness (QED) is 0.180. The fourth-order valence-electron chi connectivity index (χ4n) is 8.57. The summed E-state index contributed by atoms with van der Waals surface area (Å²) in [6.45, 7) is 13.7. The van der Waals surface area contributed by atoms with E-state index in [1.54, 1.807) is 0 Å². The van der Waals surface area contributed by atoms with E-state index >= 15 is 0 Å². The molecule has 0 fully saturated rings. The zero-order valence-electron chi connectivity index (χ0n) is 31.3. The number of aryl methyl sites for hydroxylation is 2. The predicted octanol–water partition coefficient (Wildman–Crippen LogP) is 10.3. The highest BCUT2D eigenvalue weighted by Gasteiger charge is 2.42. The second kappa shape index (κ2) is 12.9. The molecule has 0 aliphatic carbocycles. The van der Waals surface area contributed by atoms with Gasteiger partial charge in [0.2, 0.25) is 0 Å². The lowest BCUT2D eigenvalue weighted by atomic mass is 9.85. The van der Waals surface area contributed by atoms with Crippen LogP contribution in [0.3, 0.4) is 0 Å². The molecule has 5 aromatic carbocycles. The van der Waals surface area contributed by atoms with Gasteiger partial charge in [-0.1, -0.05) is 120 Å². The molecule has 2 heterocycles. The highest BCUT2D eigenvalue weighted by molar-refractivity contribution is 5.93. The van der Waals surface area contributed by atoms with Gasteiger partial charge >= 0.3 is 0 Å². The van der Waals surface area contributed by atoms with Crippen molar-refractivity contribution in [1.29, 1.82) is 0 Å². The summed E-state index contributed by atoms with van der Waals surface area (Å²) < 4.78 is 0. The number of rotatable bonds is 6. The Morgan fingerprint density at radius 1 is 0.320 bits per heavy atom. The van der Waals surface area contributed by atoms with Crippen LogP contribution in [0, 0.1) is 41.5 Å². The first kappa shape index (κ1) is 33.3. The molecule has 2 atom stereocenters.